The fraction of sp³-hybridized carbons (Fsp3) is 0.222. The molecule has 0 amide bonds. The zero-order valence-corrected chi connectivity index (χ0v) is 10.9. The molecular formula is C9H10BrClF3N3. The van der Waals surface area contributed by atoms with Gasteiger partial charge in [0.15, 0.2) is 5.96 Å². The maximum Gasteiger partial charge on any atom is 0.416 e. The Labute approximate surface area is 111 Å². The van der Waals surface area contributed by atoms with Crippen molar-refractivity contribution < 1.29 is 13.2 Å². The molecule has 0 heterocycles. The van der Waals surface area contributed by atoms with Gasteiger partial charge in [-0.25, -0.2) is 4.99 Å². The van der Waals surface area contributed by atoms with Crippen molar-refractivity contribution in [3.63, 3.8) is 0 Å². The van der Waals surface area contributed by atoms with Crippen LogP contribution < -0.4 is 11.5 Å². The minimum atomic E-state index is -4.35. The molecule has 0 spiro atoms. The summed E-state index contributed by atoms with van der Waals surface area (Å²) >= 11 is 3.04. The molecule has 0 aliphatic heterocycles. The third-order valence-corrected chi connectivity index (χ3v) is 2.55. The molecule has 0 saturated carbocycles. The Balaban J connectivity index is 0.00000256. The van der Waals surface area contributed by atoms with Crippen molar-refractivity contribution in [1.82, 2.24) is 0 Å². The maximum atomic E-state index is 12.3. The summed E-state index contributed by atoms with van der Waals surface area (Å²) in [6.45, 7) is 0.140. The molecule has 1 rings (SSSR count). The number of alkyl halides is 3. The van der Waals surface area contributed by atoms with Crippen LogP contribution in [0.25, 0.3) is 0 Å². The summed E-state index contributed by atoms with van der Waals surface area (Å²) in [4.78, 5) is 3.71. The van der Waals surface area contributed by atoms with E-state index in [2.05, 4.69) is 20.9 Å². The molecule has 0 fully saturated rings. The lowest BCUT2D eigenvalue weighted by Crippen LogP contribution is -2.22. The maximum absolute atomic E-state index is 12.3. The average molecular weight is 333 g/mol. The second-order valence-corrected chi connectivity index (χ2v) is 3.90. The van der Waals surface area contributed by atoms with E-state index in [9.17, 15) is 13.2 Å². The van der Waals surface area contributed by atoms with Crippen LogP contribution in [-0.4, -0.2) is 5.96 Å². The van der Waals surface area contributed by atoms with Crippen LogP contribution in [0, 0.1) is 0 Å². The number of hydrogen-bond acceptors (Lipinski definition) is 1. The number of hydrogen-bond donors (Lipinski definition) is 2. The normalized spacial score (nSPS) is 10.6. The van der Waals surface area contributed by atoms with E-state index in [4.69, 9.17) is 11.5 Å². The first kappa shape index (κ1) is 16.1. The third-order valence-electron chi connectivity index (χ3n) is 1.81. The van der Waals surface area contributed by atoms with Gasteiger partial charge in [0.05, 0.1) is 12.1 Å². The highest BCUT2D eigenvalue weighted by Gasteiger charge is 2.30. The number of halogens is 5. The molecule has 4 N–H and O–H groups in total. The lowest BCUT2D eigenvalue weighted by atomic mass is 10.1. The highest BCUT2D eigenvalue weighted by Crippen LogP contribution is 2.32. The smallest absolute Gasteiger partial charge is 0.370 e. The van der Waals surface area contributed by atoms with Crippen LogP contribution in [0.5, 0.6) is 0 Å². The lowest BCUT2D eigenvalue weighted by molar-refractivity contribution is -0.137. The van der Waals surface area contributed by atoms with Crippen LogP contribution in [0.1, 0.15) is 11.1 Å². The molecule has 1 aromatic carbocycles. The van der Waals surface area contributed by atoms with Crippen LogP contribution in [0.2, 0.25) is 0 Å². The van der Waals surface area contributed by atoms with Crippen molar-refractivity contribution >= 4 is 34.3 Å². The highest BCUT2D eigenvalue weighted by atomic mass is 79.9. The van der Waals surface area contributed by atoms with E-state index in [1.807, 2.05) is 0 Å². The molecule has 0 aromatic heterocycles. The van der Waals surface area contributed by atoms with E-state index < -0.39 is 11.7 Å². The molecule has 3 nitrogen and oxygen atoms in total. The second-order valence-electron chi connectivity index (χ2n) is 3.05. The molecular weight excluding hydrogens is 322 g/mol. The van der Waals surface area contributed by atoms with E-state index in [0.29, 0.717) is 10.0 Å². The fourth-order valence-electron chi connectivity index (χ4n) is 1.03. The van der Waals surface area contributed by atoms with Gasteiger partial charge in [-0.2, -0.15) is 13.2 Å². The van der Waals surface area contributed by atoms with Crippen molar-refractivity contribution in [2.24, 2.45) is 16.5 Å². The first-order chi connectivity index (χ1) is 7.30. The molecule has 0 saturated heterocycles. The van der Waals surface area contributed by atoms with Crippen LogP contribution >= 0.6 is 28.3 Å². The van der Waals surface area contributed by atoms with Crippen molar-refractivity contribution in [1.29, 1.82) is 0 Å². The molecule has 0 bridgehead atoms. The SMILES string of the molecule is Cl.NC(N)=NCc1ccc(C(F)(F)F)cc1Br. The van der Waals surface area contributed by atoms with Gasteiger partial charge in [0.2, 0.25) is 0 Å². The topological polar surface area (TPSA) is 64.4 Å². The van der Waals surface area contributed by atoms with Gasteiger partial charge in [-0.1, -0.05) is 22.0 Å². The number of nitrogens with two attached hydrogens (primary N) is 2. The first-order valence-corrected chi connectivity index (χ1v) is 5.01. The predicted octanol–water partition coefficient (Wildman–Crippen LogP) is 2.66. The number of rotatable bonds is 2. The molecule has 0 aliphatic rings. The Morgan fingerprint density at radius 1 is 1.29 bits per heavy atom. The minimum Gasteiger partial charge on any atom is -0.370 e. The van der Waals surface area contributed by atoms with Gasteiger partial charge in [0.25, 0.3) is 0 Å². The molecule has 0 radical (unpaired) electrons. The highest BCUT2D eigenvalue weighted by molar-refractivity contribution is 9.10. The zero-order valence-electron chi connectivity index (χ0n) is 8.46. The van der Waals surface area contributed by atoms with E-state index in [1.54, 1.807) is 0 Å². The predicted molar refractivity (Wildman–Crippen MR) is 65.9 cm³/mol. The molecule has 0 atom stereocenters. The Morgan fingerprint density at radius 3 is 2.29 bits per heavy atom. The summed E-state index contributed by atoms with van der Waals surface area (Å²) in [6, 6.07) is 3.32. The molecule has 0 unspecified atom stereocenters. The van der Waals surface area contributed by atoms with Gasteiger partial charge < -0.3 is 11.5 Å². The van der Waals surface area contributed by atoms with Crippen LogP contribution in [0.15, 0.2) is 27.7 Å². The van der Waals surface area contributed by atoms with E-state index in [0.717, 1.165) is 12.1 Å². The standard InChI is InChI=1S/C9H9BrF3N3.ClH/c10-7-3-6(9(11,12)13)2-1-5(7)4-16-8(14)15;/h1-3H,4H2,(H4,14,15,16);1H. The van der Waals surface area contributed by atoms with Crippen molar-refractivity contribution in [2.45, 2.75) is 12.7 Å². The average Bonchev–Trinajstić information content (AvgIpc) is 2.14. The summed E-state index contributed by atoms with van der Waals surface area (Å²) in [6.07, 6.45) is -4.35. The molecule has 96 valence electrons. The molecule has 0 aliphatic carbocycles. The van der Waals surface area contributed by atoms with Crippen molar-refractivity contribution in [3.8, 4) is 0 Å². The third kappa shape index (κ3) is 4.82. The summed E-state index contributed by atoms with van der Waals surface area (Å²) in [7, 11) is 0. The van der Waals surface area contributed by atoms with E-state index >= 15 is 0 Å². The number of aliphatic imine (C=N–C) groups is 1. The van der Waals surface area contributed by atoms with Crippen LogP contribution in [0.3, 0.4) is 0 Å². The Hall–Kier alpha value is -0.950. The first-order valence-electron chi connectivity index (χ1n) is 4.21. The molecule has 8 heteroatoms. The quantitative estimate of drug-likeness (QED) is 0.646. The van der Waals surface area contributed by atoms with Gasteiger partial charge in [0, 0.05) is 4.47 Å². The summed E-state index contributed by atoms with van der Waals surface area (Å²) in [5, 5.41) is 0. The van der Waals surface area contributed by atoms with Gasteiger partial charge in [-0.3, -0.25) is 0 Å². The largest absolute Gasteiger partial charge is 0.416 e. The molecule has 1 aromatic rings. The van der Waals surface area contributed by atoms with Gasteiger partial charge in [0.1, 0.15) is 0 Å². The minimum absolute atomic E-state index is 0. The fourth-order valence-corrected chi connectivity index (χ4v) is 1.53. The van der Waals surface area contributed by atoms with Crippen molar-refractivity contribution in [2.75, 3.05) is 0 Å². The number of nitrogens with zero attached hydrogens (tertiary/aromatic N) is 1. The summed E-state index contributed by atoms with van der Waals surface area (Å²) in [5.74, 6) is -0.105. The van der Waals surface area contributed by atoms with Gasteiger partial charge in [-0.05, 0) is 17.7 Å². The summed E-state index contributed by atoms with van der Waals surface area (Å²) in [5.41, 5.74) is 10.1. The van der Waals surface area contributed by atoms with E-state index in [1.165, 1.54) is 6.07 Å². The Kier molecular flexibility index (Phi) is 5.77. The number of benzene rings is 1. The second kappa shape index (κ2) is 6.11. The summed E-state index contributed by atoms with van der Waals surface area (Å²) < 4.78 is 37.3. The Bertz CT molecular complexity index is 416. The van der Waals surface area contributed by atoms with E-state index in [-0.39, 0.29) is 24.9 Å². The monoisotopic (exact) mass is 331 g/mol. The molecule has 17 heavy (non-hydrogen) atoms. The van der Waals surface area contributed by atoms with Crippen LogP contribution in [0.4, 0.5) is 13.2 Å². The van der Waals surface area contributed by atoms with Gasteiger partial charge >= 0.3 is 6.18 Å². The number of guanidine groups is 1. The van der Waals surface area contributed by atoms with Crippen LogP contribution in [-0.2, 0) is 12.7 Å². The Morgan fingerprint density at radius 2 is 1.88 bits per heavy atom. The lowest BCUT2D eigenvalue weighted by Gasteiger charge is -2.08. The van der Waals surface area contributed by atoms with Crippen molar-refractivity contribution in [3.05, 3.63) is 33.8 Å². The zero-order chi connectivity index (χ0) is 12.3. The van der Waals surface area contributed by atoms with Gasteiger partial charge in [-0.15, -0.1) is 12.4 Å².